The highest BCUT2D eigenvalue weighted by atomic mass is 16.1. The van der Waals surface area contributed by atoms with E-state index < -0.39 is 0 Å². The van der Waals surface area contributed by atoms with Gasteiger partial charge in [0.15, 0.2) is 6.29 Å². The molecule has 2 N–H and O–H groups in total. The van der Waals surface area contributed by atoms with Crippen LogP contribution in [0.1, 0.15) is 33.6 Å². The Morgan fingerprint density at radius 1 is 1.29 bits per heavy atom. The van der Waals surface area contributed by atoms with Gasteiger partial charge < -0.3 is 5.73 Å². The van der Waals surface area contributed by atoms with Crippen molar-refractivity contribution in [3.8, 4) is 0 Å². The zero-order chi connectivity index (χ0) is 11.6. The van der Waals surface area contributed by atoms with Crippen LogP contribution in [0.25, 0.3) is 0 Å². The lowest BCUT2D eigenvalue weighted by molar-refractivity contribution is -0.104. The van der Waals surface area contributed by atoms with Crippen LogP contribution < -0.4 is 5.73 Å². The van der Waals surface area contributed by atoms with E-state index in [1.807, 2.05) is 6.92 Å². The summed E-state index contributed by atoms with van der Waals surface area (Å²) >= 11 is 0. The van der Waals surface area contributed by atoms with Gasteiger partial charge in [0, 0.05) is 11.3 Å². The van der Waals surface area contributed by atoms with Gasteiger partial charge in [0.25, 0.3) is 0 Å². The highest BCUT2D eigenvalue weighted by Gasteiger charge is 1.95. The molecule has 0 heterocycles. The lowest BCUT2D eigenvalue weighted by Gasteiger charge is -1.97. The Hall–Kier alpha value is -1.31. The number of carbonyl (C=O) groups excluding carboxylic acids is 1. The molecule has 0 aliphatic rings. The molecule has 0 aromatic carbocycles. The molecule has 2 heteroatoms. The molecule has 0 saturated heterocycles. The van der Waals surface area contributed by atoms with E-state index in [9.17, 15) is 4.79 Å². The average Bonchev–Trinajstić information content (AvgIpc) is 2.14. The molecule has 0 bridgehead atoms. The Labute approximate surface area is 87.2 Å². The zero-order valence-electron chi connectivity index (χ0n) is 9.47. The van der Waals surface area contributed by atoms with Gasteiger partial charge in [0.1, 0.15) is 0 Å². The van der Waals surface area contributed by atoms with E-state index in [0.717, 1.165) is 12.0 Å². The molecule has 0 atom stereocenters. The van der Waals surface area contributed by atoms with E-state index in [-0.39, 0.29) is 5.70 Å². The molecule has 14 heavy (non-hydrogen) atoms. The summed E-state index contributed by atoms with van der Waals surface area (Å²) in [6.45, 7) is 13.4. The first kappa shape index (κ1) is 15.2. The largest absolute Gasteiger partial charge is 0.399 e. The third kappa shape index (κ3) is 8.78. The molecule has 0 aliphatic carbocycles. The van der Waals surface area contributed by atoms with Crippen molar-refractivity contribution in [1.29, 1.82) is 0 Å². The Morgan fingerprint density at radius 2 is 1.71 bits per heavy atom. The molecule has 2 nitrogen and oxygen atoms in total. The number of hydrogen-bond acceptors (Lipinski definition) is 2. The zero-order valence-corrected chi connectivity index (χ0v) is 9.47. The molecular weight excluding hydrogens is 174 g/mol. The number of nitrogens with two attached hydrogens (primary N) is 1. The van der Waals surface area contributed by atoms with E-state index in [4.69, 9.17) is 5.73 Å². The summed E-state index contributed by atoms with van der Waals surface area (Å²) in [7, 11) is 0. The third-order valence-corrected chi connectivity index (χ3v) is 1.31. The van der Waals surface area contributed by atoms with Gasteiger partial charge in [-0.1, -0.05) is 45.9 Å². The van der Waals surface area contributed by atoms with E-state index in [1.165, 1.54) is 6.42 Å². The first-order valence-electron chi connectivity index (χ1n) is 4.82. The Morgan fingerprint density at radius 3 is 1.93 bits per heavy atom. The van der Waals surface area contributed by atoms with Crippen LogP contribution in [0, 0.1) is 0 Å². The van der Waals surface area contributed by atoms with Gasteiger partial charge in [-0.3, -0.25) is 4.79 Å². The Balaban J connectivity index is 0. The maximum Gasteiger partial charge on any atom is 0.152 e. The molecule has 0 amide bonds. The molecule has 0 unspecified atom stereocenters. The molecule has 80 valence electrons. The fraction of sp³-hybridized carbons (Fsp3) is 0.417. The SMILES string of the molecule is C=C(/C=C(/C=O)C(=C)N)CC.CCC. The molecule has 0 aromatic heterocycles. The van der Waals surface area contributed by atoms with Crippen molar-refractivity contribution in [2.75, 3.05) is 0 Å². The maximum atomic E-state index is 10.3. The van der Waals surface area contributed by atoms with Crippen LogP contribution in [0.4, 0.5) is 0 Å². The van der Waals surface area contributed by atoms with Crippen molar-refractivity contribution in [3.05, 3.63) is 36.1 Å². The summed E-state index contributed by atoms with van der Waals surface area (Å²) in [5, 5.41) is 0. The van der Waals surface area contributed by atoms with Crippen molar-refractivity contribution in [2.24, 2.45) is 5.73 Å². The minimum Gasteiger partial charge on any atom is -0.399 e. The third-order valence-electron chi connectivity index (χ3n) is 1.31. The quantitative estimate of drug-likeness (QED) is 0.426. The summed E-state index contributed by atoms with van der Waals surface area (Å²) in [6, 6.07) is 0. The smallest absolute Gasteiger partial charge is 0.152 e. The summed E-state index contributed by atoms with van der Waals surface area (Å²) in [5.41, 5.74) is 6.89. The summed E-state index contributed by atoms with van der Waals surface area (Å²) in [4.78, 5) is 10.3. The van der Waals surface area contributed by atoms with Crippen molar-refractivity contribution in [1.82, 2.24) is 0 Å². The van der Waals surface area contributed by atoms with Crippen molar-refractivity contribution in [2.45, 2.75) is 33.6 Å². The van der Waals surface area contributed by atoms with Gasteiger partial charge >= 0.3 is 0 Å². The second-order valence-electron chi connectivity index (χ2n) is 2.96. The van der Waals surface area contributed by atoms with Crippen LogP contribution in [0.15, 0.2) is 36.1 Å². The highest BCUT2D eigenvalue weighted by molar-refractivity contribution is 5.80. The monoisotopic (exact) mass is 195 g/mol. The van der Waals surface area contributed by atoms with Crippen LogP contribution >= 0.6 is 0 Å². The van der Waals surface area contributed by atoms with E-state index in [2.05, 4.69) is 27.0 Å². The molecular formula is C12H21NO. The normalized spacial score (nSPS) is 9.79. The standard InChI is InChI=1S/C9H13NO.C3H8/c1-4-7(2)5-9(6-11)8(3)10;1-3-2/h5-6H,2-4,10H2,1H3;3H2,1-2H3/b9-5-;. The number of allylic oxidation sites excluding steroid dienone is 3. The lowest BCUT2D eigenvalue weighted by Crippen LogP contribution is -2.00. The van der Waals surface area contributed by atoms with Crippen LogP contribution in [0.5, 0.6) is 0 Å². The van der Waals surface area contributed by atoms with E-state index >= 15 is 0 Å². The van der Waals surface area contributed by atoms with Crippen LogP contribution in [-0.4, -0.2) is 6.29 Å². The first-order chi connectivity index (χ1) is 6.53. The van der Waals surface area contributed by atoms with Crippen LogP contribution in [0.3, 0.4) is 0 Å². The lowest BCUT2D eigenvalue weighted by atomic mass is 10.1. The molecule has 0 aromatic rings. The number of aldehydes is 1. The predicted octanol–water partition coefficient (Wildman–Crippen LogP) is 2.97. The summed E-state index contributed by atoms with van der Waals surface area (Å²) in [5.74, 6) is 0. The van der Waals surface area contributed by atoms with Crippen LogP contribution in [0.2, 0.25) is 0 Å². The summed E-state index contributed by atoms with van der Waals surface area (Å²) in [6.07, 6.45) is 4.39. The number of carbonyl (C=O) groups is 1. The van der Waals surface area contributed by atoms with E-state index in [0.29, 0.717) is 11.9 Å². The second-order valence-corrected chi connectivity index (χ2v) is 2.96. The fourth-order valence-corrected chi connectivity index (χ4v) is 0.524. The van der Waals surface area contributed by atoms with Gasteiger partial charge in [-0.15, -0.1) is 0 Å². The molecule has 0 radical (unpaired) electrons. The number of rotatable bonds is 4. The fourth-order valence-electron chi connectivity index (χ4n) is 0.524. The van der Waals surface area contributed by atoms with Crippen molar-refractivity contribution >= 4 is 6.29 Å². The minimum atomic E-state index is 0.287. The highest BCUT2D eigenvalue weighted by Crippen LogP contribution is 2.05. The topological polar surface area (TPSA) is 43.1 Å². The van der Waals surface area contributed by atoms with Crippen molar-refractivity contribution < 1.29 is 4.79 Å². The summed E-state index contributed by atoms with van der Waals surface area (Å²) < 4.78 is 0. The molecule has 0 rings (SSSR count). The predicted molar refractivity (Wildman–Crippen MR) is 62.9 cm³/mol. The molecule has 0 spiro atoms. The Bertz CT molecular complexity index is 226. The first-order valence-corrected chi connectivity index (χ1v) is 4.82. The van der Waals surface area contributed by atoms with Gasteiger partial charge in [-0.2, -0.15) is 0 Å². The molecule has 0 fully saturated rings. The van der Waals surface area contributed by atoms with Gasteiger partial charge in [0.05, 0.1) is 0 Å². The maximum absolute atomic E-state index is 10.3. The second kappa shape index (κ2) is 9.78. The number of hydrogen-bond donors (Lipinski definition) is 1. The van der Waals surface area contributed by atoms with Gasteiger partial charge in [-0.25, -0.2) is 0 Å². The van der Waals surface area contributed by atoms with Gasteiger partial charge in [0.2, 0.25) is 0 Å². The Kier molecular flexibility index (Phi) is 10.6. The average molecular weight is 195 g/mol. The molecule has 0 saturated carbocycles. The van der Waals surface area contributed by atoms with Crippen molar-refractivity contribution in [3.63, 3.8) is 0 Å². The van der Waals surface area contributed by atoms with E-state index in [1.54, 1.807) is 6.08 Å². The van der Waals surface area contributed by atoms with Gasteiger partial charge in [-0.05, 0) is 12.5 Å². The van der Waals surface area contributed by atoms with Crippen LogP contribution in [-0.2, 0) is 4.79 Å². The minimum absolute atomic E-state index is 0.287. The molecule has 0 aliphatic heterocycles.